The number of aryl methyl sites for hydroxylation is 1. The van der Waals surface area contributed by atoms with E-state index in [9.17, 15) is 10.1 Å². The van der Waals surface area contributed by atoms with Crippen LogP contribution >= 0.6 is 0 Å². The smallest absolute Gasteiger partial charge is 0.360 e. The molecule has 2 rings (SSSR count). The van der Waals surface area contributed by atoms with Gasteiger partial charge in [-0.05, 0) is 41.9 Å². The van der Waals surface area contributed by atoms with Crippen LogP contribution in [-0.2, 0) is 20.1 Å². The lowest BCUT2D eigenvalue weighted by atomic mass is 10.1. The standard InChI is InChI=1S/C16H23N5O2/c1-12(2)19(3)10-14-8-6-5-7-13(14)9-17-15-16(21(22)23)18-11-20(15)4/h5-8,11-12,17H,9-10H2,1-4H3. The first-order chi connectivity index (χ1) is 10.9. The number of nitrogens with zero attached hydrogens (tertiary/aromatic N) is 4. The van der Waals surface area contributed by atoms with Gasteiger partial charge in [0, 0.05) is 26.2 Å². The summed E-state index contributed by atoms with van der Waals surface area (Å²) in [5.74, 6) is 0.270. The van der Waals surface area contributed by atoms with Crippen LogP contribution in [-0.4, -0.2) is 32.5 Å². The summed E-state index contributed by atoms with van der Waals surface area (Å²) in [7, 11) is 3.82. The fourth-order valence-corrected chi connectivity index (χ4v) is 2.27. The lowest BCUT2D eigenvalue weighted by Gasteiger charge is -2.22. The van der Waals surface area contributed by atoms with Crippen molar-refractivity contribution < 1.29 is 4.92 Å². The number of hydrogen-bond acceptors (Lipinski definition) is 5. The van der Waals surface area contributed by atoms with Gasteiger partial charge in [-0.15, -0.1) is 0 Å². The second-order valence-electron chi connectivity index (χ2n) is 5.92. The minimum Gasteiger partial charge on any atom is -0.360 e. The lowest BCUT2D eigenvalue weighted by molar-refractivity contribution is -0.388. The first-order valence-electron chi connectivity index (χ1n) is 7.56. The number of hydrogen-bond donors (Lipinski definition) is 1. The first-order valence-corrected chi connectivity index (χ1v) is 7.56. The van der Waals surface area contributed by atoms with Crippen LogP contribution in [0.15, 0.2) is 30.6 Å². The fraction of sp³-hybridized carbons (Fsp3) is 0.438. The van der Waals surface area contributed by atoms with Gasteiger partial charge in [-0.3, -0.25) is 9.47 Å². The summed E-state index contributed by atoms with van der Waals surface area (Å²) in [5.41, 5.74) is 2.33. The highest BCUT2D eigenvalue weighted by Crippen LogP contribution is 2.22. The molecule has 124 valence electrons. The molecule has 1 aromatic carbocycles. The Balaban J connectivity index is 2.15. The van der Waals surface area contributed by atoms with E-state index in [1.54, 1.807) is 11.6 Å². The summed E-state index contributed by atoms with van der Waals surface area (Å²) in [5, 5.41) is 14.2. The number of nitrogens with one attached hydrogen (secondary N) is 1. The van der Waals surface area contributed by atoms with Crippen LogP contribution in [0.3, 0.4) is 0 Å². The number of aromatic nitrogens is 2. The third kappa shape index (κ3) is 4.07. The third-order valence-corrected chi connectivity index (χ3v) is 3.96. The van der Waals surface area contributed by atoms with Crippen molar-refractivity contribution in [2.75, 3.05) is 12.4 Å². The van der Waals surface area contributed by atoms with E-state index in [1.807, 2.05) is 18.2 Å². The van der Waals surface area contributed by atoms with Crippen LogP contribution in [0.5, 0.6) is 0 Å². The number of benzene rings is 1. The van der Waals surface area contributed by atoms with Crippen molar-refractivity contribution >= 4 is 11.6 Å². The molecule has 0 atom stereocenters. The number of imidazole rings is 1. The molecular weight excluding hydrogens is 294 g/mol. The third-order valence-electron chi connectivity index (χ3n) is 3.96. The average molecular weight is 317 g/mol. The van der Waals surface area contributed by atoms with Crippen molar-refractivity contribution in [1.82, 2.24) is 14.5 Å². The van der Waals surface area contributed by atoms with E-state index in [4.69, 9.17) is 0 Å². The van der Waals surface area contributed by atoms with Gasteiger partial charge in [-0.25, -0.2) is 0 Å². The molecule has 1 aromatic heterocycles. The second kappa shape index (κ2) is 7.23. The highest BCUT2D eigenvalue weighted by atomic mass is 16.6. The van der Waals surface area contributed by atoms with Gasteiger partial charge in [0.25, 0.3) is 0 Å². The Bertz CT molecular complexity index is 681. The van der Waals surface area contributed by atoms with E-state index in [1.165, 1.54) is 11.9 Å². The molecule has 0 unspecified atom stereocenters. The molecule has 1 heterocycles. The molecule has 0 aliphatic heterocycles. The Labute approximate surface area is 136 Å². The highest BCUT2D eigenvalue weighted by molar-refractivity contribution is 5.52. The van der Waals surface area contributed by atoms with Gasteiger partial charge in [0.2, 0.25) is 12.1 Å². The predicted octanol–water partition coefficient (Wildman–Crippen LogP) is 2.78. The first kappa shape index (κ1) is 17.0. The van der Waals surface area contributed by atoms with Gasteiger partial charge >= 0.3 is 5.82 Å². The van der Waals surface area contributed by atoms with E-state index in [2.05, 4.69) is 42.2 Å². The van der Waals surface area contributed by atoms with Crippen molar-refractivity contribution in [3.8, 4) is 0 Å². The SMILES string of the molecule is CC(C)N(C)Cc1ccccc1CNc1c([N+](=O)[O-])ncn1C. The normalized spacial score (nSPS) is 11.2. The molecule has 0 aliphatic rings. The Hall–Kier alpha value is -2.41. The lowest BCUT2D eigenvalue weighted by Crippen LogP contribution is -2.26. The zero-order valence-corrected chi connectivity index (χ0v) is 14.0. The summed E-state index contributed by atoms with van der Waals surface area (Å²) in [6.07, 6.45) is 1.44. The largest absolute Gasteiger partial charge is 0.406 e. The number of anilines is 1. The van der Waals surface area contributed by atoms with Crippen LogP contribution in [0, 0.1) is 10.1 Å². The van der Waals surface area contributed by atoms with Crippen LogP contribution in [0.2, 0.25) is 0 Å². The molecule has 2 aromatic rings. The highest BCUT2D eigenvalue weighted by Gasteiger charge is 2.19. The molecule has 23 heavy (non-hydrogen) atoms. The molecule has 0 saturated carbocycles. The minimum absolute atomic E-state index is 0.149. The Morgan fingerprint density at radius 3 is 2.61 bits per heavy atom. The summed E-state index contributed by atoms with van der Waals surface area (Å²) in [6.45, 7) is 5.66. The maximum Gasteiger partial charge on any atom is 0.406 e. The minimum atomic E-state index is -0.471. The summed E-state index contributed by atoms with van der Waals surface area (Å²) in [4.78, 5) is 16.6. The van der Waals surface area contributed by atoms with Crippen molar-refractivity contribution in [2.24, 2.45) is 7.05 Å². The van der Waals surface area contributed by atoms with Crippen molar-refractivity contribution in [3.63, 3.8) is 0 Å². The Kier molecular flexibility index (Phi) is 5.33. The molecule has 1 N–H and O–H groups in total. The number of rotatable bonds is 7. The van der Waals surface area contributed by atoms with E-state index in [-0.39, 0.29) is 5.82 Å². The summed E-state index contributed by atoms with van der Waals surface area (Å²) in [6, 6.07) is 8.58. The Morgan fingerprint density at radius 1 is 1.35 bits per heavy atom. The van der Waals surface area contributed by atoms with Crippen molar-refractivity contribution in [1.29, 1.82) is 0 Å². The maximum atomic E-state index is 11.0. The zero-order chi connectivity index (χ0) is 17.0. The maximum absolute atomic E-state index is 11.0. The molecule has 0 aliphatic carbocycles. The molecule has 0 amide bonds. The Morgan fingerprint density at radius 2 is 2.00 bits per heavy atom. The molecule has 0 bridgehead atoms. The molecule has 0 fully saturated rings. The molecule has 0 saturated heterocycles. The number of nitro groups is 1. The van der Waals surface area contributed by atoms with Gasteiger partial charge in [-0.1, -0.05) is 24.3 Å². The van der Waals surface area contributed by atoms with E-state index < -0.39 is 4.92 Å². The second-order valence-corrected chi connectivity index (χ2v) is 5.92. The summed E-state index contributed by atoms with van der Waals surface area (Å²) >= 11 is 0. The quantitative estimate of drug-likeness (QED) is 0.627. The molecule has 7 heteroatoms. The van der Waals surface area contributed by atoms with Crippen LogP contribution < -0.4 is 5.32 Å². The average Bonchev–Trinajstić information content (AvgIpc) is 2.87. The van der Waals surface area contributed by atoms with Gasteiger partial charge in [0.05, 0.1) is 0 Å². The van der Waals surface area contributed by atoms with Crippen molar-refractivity contribution in [2.45, 2.75) is 33.0 Å². The fourth-order valence-electron chi connectivity index (χ4n) is 2.27. The van der Waals surface area contributed by atoms with Crippen LogP contribution in [0.1, 0.15) is 25.0 Å². The van der Waals surface area contributed by atoms with E-state index in [0.29, 0.717) is 18.4 Å². The van der Waals surface area contributed by atoms with Gasteiger partial charge in [0.1, 0.15) is 0 Å². The molecule has 7 nitrogen and oxygen atoms in total. The summed E-state index contributed by atoms with van der Waals surface area (Å²) < 4.78 is 1.63. The van der Waals surface area contributed by atoms with Crippen LogP contribution in [0.4, 0.5) is 11.6 Å². The van der Waals surface area contributed by atoms with Crippen LogP contribution in [0.25, 0.3) is 0 Å². The molecule has 0 radical (unpaired) electrons. The zero-order valence-electron chi connectivity index (χ0n) is 14.0. The monoisotopic (exact) mass is 317 g/mol. The topological polar surface area (TPSA) is 76.2 Å². The molecule has 0 spiro atoms. The van der Waals surface area contributed by atoms with Gasteiger partial charge in [0.15, 0.2) is 0 Å². The van der Waals surface area contributed by atoms with Gasteiger partial charge in [-0.2, -0.15) is 0 Å². The molecular formula is C16H23N5O2. The van der Waals surface area contributed by atoms with Gasteiger partial charge < -0.3 is 15.4 Å². The van der Waals surface area contributed by atoms with E-state index >= 15 is 0 Å². The van der Waals surface area contributed by atoms with Crippen molar-refractivity contribution in [3.05, 3.63) is 51.8 Å². The predicted molar refractivity (Wildman–Crippen MR) is 90.2 cm³/mol. The van der Waals surface area contributed by atoms with E-state index in [0.717, 1.165) is 12.1 Å².